The van der Waals surface area contributed by atoms with E-state index in [2.05, 4.69) is 43.9 Å². The van der Waals surface area contributed by atoms with Crippen molar-refractivity contribution in [3.05, 3.63) is 28.3 Å². The van der Waals surface area contributed by atoms with Gasteiger partial charge in [0.15, 0.2) is 10.3 Å². The molecule has 10 heteroatoms. The van der Waals surface area contributed by atoms with Crippen LogP contribution in [0.4, 0.5) is 5.69 Å². The first kappa shape index (κ1) is 16.8. The number of nitrogens with zero attached hydrogens (tertiary/aromatic N) is 6. The van der Waals surface area contributed by atoms with E-state index in [0.717, 1.165) is 31.8 Å². The molecule has 24 heavy (non-hydrogen) atoms. The van der Waals surface area contributed by atoms with Crippen LogP contribution in [0.5, 0.6) is 0 Å². The third-order valence-corrected chi connectivity index (χ3v) is 4.77. The van der Waals surface area contributed by atoms with Gasteiger partial charge in [-0.2, -0.15) is 0 Å². The van der Waals surface area contributed by atoms with Crippen molar-refractivity contribution in [2.45, 2.75) is 49.0 Å². The highest BCUT2D eigenvalue weighted by molar-refractivity contribution is 7.99. The quantitative estimate of drug-likeness (QED) is 0.496. The molecule has 0 spiro atoms. The SMILES string of the molecule is CC(C)n1c(Sc2ncc([N+](=O)[O-])cn2)nnc1C1CCNCC1. The number of aromatic nitrogens is 5. The predicted molar refractivity (Wildman–Crippen MR) is 88.1 cm³/mol. The van der Waals surface area contributed by atoms with Crippen LogP contribution in [0, 0.1) is 10.1 Å². The Balaban J connectivity index is 1.84. The Morgan fingerprint density at radius 2 is 1.96 bits per heavy atom. The lowest BCUT2D eigenvalue weighted by atomic mass is 9.97. The number of hydrogen-bond donors (Lipinski definition) is 1. The molecule has 9 nitrogen and oxygen atoms in total. The van der Waals surface area contributed by atoms with Gasteiger partial charge in [-0.25, -0.2) is 9.97 Å². The summed E-state index contributed by atoms with van der Waals surface area (Å²) in [5, 5.41) is 23.9. The van der Waals surface area contributed by atoms with Gasteiger partial charge in [-0.15, -0.1) is 10.2 Å². The van der Waals surface area contributed by atoms with E-state index in [4.69, 9.17) is 0 Å². The van der Waals surface area contributed by atoms with Gasteiger partial charge in [0.1, 0.15) is 18.2 Å². The van der Waals surface area contributed by atoms with E-state index in [0.29, 0.717) is 16.2 Å². The highest BCUT2D eigenvalue weighted by atomic mass is 32.2. The molecular formula is C14H19N7O2S. The Bertz CT molecular complexity index is 710. The topological polar surface area (TPSA) is 112 Å². The van der Waals surface area contributed by atoms with Crippen molar-refractivity contribution in [3.8, 4) is 0 Å². The van der Waals surface area contributed by atoms with Crippen molar-refractivity contribution in [2.75, 3.05) is 13.1 Å². The van der Waals surface area contributed by atoms with E-state index in [1.165, 1.54) is 24.2 Å². The van der Waals surface area contributed by atoms with Crippen LogP contribution in [0.15, 0.2) is 22.7 Å². The summed E-state index contributed by atoms with van der Waals surface area (Å²) in [6, 6.07) is 0.213. The fourth-order valence-corrected chi connectivity index (χ4v) is 3.60. The zero-order chi connectivity index (χ0) is 17.1. The first-order chi connectivity index (χ1) is 11.6. The Morgan fingerprint density at radius 1 is 1.29 bits per heavy atom. The minimum absolute atomic E-state index is 0.125. The van der Waals surface area contributed by atoms with Crippen molar-refractivity contribution in [1.82, 2.24) is 30.0 Å². The largest absolute Gasteiger partial charge is 0.317 e. The number of nitrogens with one attached hydrogen (secondary N) is 1. The summed E-state index contributed by atoms with van der Waals surface area (Å²) < 4.78 is 2.12. The molecule has 1 saturated heterocycles. The van der Waals surface area contributed by atoms with Crippen LogP contribution in [0.2, 0.25) is 0 Å². The summed E-state index contributed by atoms with van der Waals surface area (Å²) in [5.41, 5.74) is -0.125. The summed E-state index contributed by atoms with van der Waals surface area (Å²) in [7, 11) is 0. The van der Waals surface area contributed by atoms with Crippen molar-refractivity contribution in [2.24, 2.45) is 0 Å². The highest BCUT2D eigenvalue weighted by Gasteiger charge is 2.25. The van der Waals surface area contributed by atoms with Crippen LogP contribution in [0.1, 0.15) is 44.5 Å². The van der Waals surface area contributed by atoms with Gasteiger partial charge in [-0.3, -0.25) is 10.1 Å². The summed E-state index contributed by atoms with van der Waals surface area (Å²) in [4.78, 5) is 18.2. The molecular weight excluding hydrogens is 330 g/mol. The molecule has 0 radical (unpaired) electrons. The molecule has 0 unspecified atom stereocenters. The van der Waals surface area contributed by atoms with Gasteiger partial charge in [0.2, 0.25) is 0 Å². The van der Waals surface area contributed by atoms with E-state index in [1.807, 2.05) is 0 Å². The number of hydrogen-bond acceptors (Lipinski definition) is 8. The normalized spacial score (nSPS) is 15.8. The summed E-state index contributed by atoms with van der Waals surface area (Å²) >= 11 is 1.28. The van der Waals surface area contributed by atoms with Gasteiger partial charge in [-0.05, 0) is 51.5 Å². The van der Waals surface area contributed by atoms with E-state index in [9.17, 15) is 10.1 Å². The molecule has 0 saturated carbocycles. The smallest absolute Gasteiger partial charge is 0.305 e. The standard InChI is InChI=1S/C14H19N7O2S/c1-9(2)20-12(10-3-5-15-6-4-10)18-19-14(20)24-13-16-7-11(8-17-13)21(22)23/h7-10,15H,3-6H2,1-2H3. The third-order valence-electron chi connectivity index (χ3n) is 3.92. The number of rotatable bonds is 5. The zero-order valence-electron chi connectivity index (χ0n) is 13.5. The maximum absolute atomic E-state index is 10.7. The monoisotopic (exact) mass is 349 g/mol. The molecule has 1 N–H and O–H groups in total. The lowest BCUT2D eigenvalue weighted by Crippen LogP contribution is -2.28. The maximum Gasteiger partial charge on any atom is 0.305 e. The first-order valence-corrected chi connectivity index (χ1v) is 8.67. The van der Waals surface area contributed by atoms with Crippen LogP contribution < -0.4 is 5.32 Å². The van der Waals surface area contributed by atoms with E-state index < -0.39 is 4.92 Å². The highest BCUT2D eigenvalue weighted by Crippen LogP contribution is 2.32. The fraction of sp³-hybridized carbons (Fsp3) is 0.571. The van der Waals surface area contributed by atoms with E-state index in [-0.39, 0.29) is 11.7 Å². The minimum atomic E-state index is -0.514. The fourth-order valence-electron chi connectivity index (χ4n) is 2.74. The Labute approximate surface area is 143 Å². The molecule has 128 valence electrons. The van der Waals surface area contributed by atoms with Gasteiger partial charge >= 0.3 is 5.69 Å². The number of piperidine rings is 1. The summed E-state index contributed by atoms with van der Waals surface area (Å²) in [6.07, 6.45) is 4.51. The van der Waals surface area contributed by atoms with Crippen LogP contribution in [0.25, 0.3) is 0 Å². The molecule has 0 atom stereocenters. The van der Waals surface area contributed by atoms with Gasteiger partial charge in [0.25, 0.3) is 0 Å². The van der Waals surface area contributed by atoms with Gasteiger partial charge in [0.05, 0.1) is 4.92 Å². The van der Waals surface area contributed by atoms with Crippen LogP contribution in [0.3, 0.4) is 0 Å². The summed E-state index contributed by atoms with van der Waals surface area (Å²) in [5.74, 6) is 1.39. The lowest BCUT2D eigenvalue weighted by Gasteiger charge is -2.24. The molecule has 2 aromatic heterocycles. The lowest BCUT2D eigenvalue weighted by molar-refractivity contribution is -0.385. The van der Waals surface area contributed by atoms with Crippen LogP contribution >= 0.6 is 11.8 Å². The van der Waals surface area contributed by atoms with E-state index in [1.54, 1.807) is 0 Å². The molecule has 3 heterocycles. The second kappa shape index (κ2) is 7.22. The van der Waals surface area contributed by atoms with Gasteiger partial charge in [-0.1, -0.05) is 0 Å². The molecule has 1 fully saturated rings. The maximum atomic E-state index is 10.7. The average Bonchev–Trinajstić information content (AvgIpc) is 3.00. The molecule has 1 aliphatic heterocycles. The molecule has 3 rings (SSSR count). The predicted octanol–water partition coefficient (Wildman–Crippen LogP) is 2.18. The molecule has 0 amide bonds. The summed E-state index contributed by atoms with van der Waals surface area (Å²) in [6.45, 7) is 6.16. The van der Waals surface area contributed by atoms with Gasteiger partial charge in [0, 0.05) is 12.0 Å². The van der Waals surface area contributed by atoms with Crippen molar-refractivity contribution >= 4 is 17.4 Å². The first-order valence-electron chi connectivity index (χ1n) is 7.86. The Hall–Kier alpha value is -2.07. The van der Waals surface area contributed by atoms with Crippen molar-refractivity contribution < 1.29 is 4.92 Å². The Morgan fingerprint density at radius 3 is 2.54 bits per heavy atom. The third kappa shape index (κ3) is 3.54. The average molecular weight is 349 g/mol. The Kier molecular flexibility index (Phi) is 5.05. The van der Waals surface area contributed by atoms with Crippen LogP contribution in [-0.4, -0.2) is 42.7 Å². The molecule has 0 aliphatic carbocycles. The number of nitro groups is 1. The second-order valence-corrected chi connectivity index (χ2v) is 6.85. The molecule has 1 aliphatic rings. The van der Waals surface area contributed by atoms with E-state index >= 15 is 0 Å². The van der Waals surface area contributed by atoms with Gasteiger partial charge < -0.3 is 9.88 Å². The zero-order valence-corrected chi connectivity index (χ0v) is 14.4. The minimum Gasteiger partial charge on any atom is -0.317 e. The molecule has 2 aromatic rings. The second-order valence-electron chi connectivity index (χ2n) is 5.91. The molecule has 0 aromatic carbocycles. The van der Waals surface area contributed by atoms with Crippen molar-refractivity contribution in [3.63, 3.8) is 0 Å². The molecule has 0 bridgehead atoms. The van der Waals surface area contributed by atoms with Crippen LogP contribution in [-0.2, 0) is 0 Å². The van der Waals surface area contributed by atoms with Crippen molar-refractivity contribution in [1.29, 1.82) is 0 Å².